The first-order valence-electron chi connectivity index (χ1n) is 7.37. The van der Waals surface area contributed by atoms with Crippen LogP contribution in [0, 0.1) is 6.92 Å². The van der Waals surface area contributed by atoms with Crippen molar-refractivity contribution in [3.63, 3.8) is 0 Å². The van der Waals surface area contributed by atoms with Crippen LogP contribution in [0.15, 0.2) is 50.7 Å². The van der Waals surface area contributed by atoms with E-state index in [1.165, 1.54) is 24.5 Å². The van der Waals surface area contributed by atoms with E-state index in [4.69, 9.17) is 8.83 Å². The van der Waals surface area contributed by atoms with E-state index in [2.05, 4.69) is 20.3 Å². The van der Waals surface area contributed by atoms with E-state index >= 15 is 0 Å². The molecule has 3 aromatic rings. The lowest BCUT2D eigenvalue weighted by molar-refractivity contribution is -0.113. The number of para-hydroxylation sites is 2. The number of aryl methyl sites for hydroxylation is 1. The maximum Gasteiger partial charge on any atom is 0.387 e. The normalized spacial score (nSPS) is 10.9. The highest BCUT2D eigenvalue weighted by Gasteiger charge is 2.15. The van der Waals surface area contributed by atoms with Gasteiger partial charge in [0, 0.05) is 0 Å². The molecular weight excluding hydrogens is 368 g/mol. The molecule has 2 aromatic heterocycles. The molecule has 7 nitrogen and oxygen atoms in total. The number of hydrogen-bond donors (Lipinski definition) is 1. The molecule has 1 N–H and O–H groups in total. The molecule has 136 valence electrons. The van der Waals surface area contributed by atoms with Gasteiger partial charge >= 0.3 is 6.61 Å². The minimum atomic E-state index is -2.98. The maximum atomic E-state index is 12.4. The summed E-state index contributed by atoms with van der Waals surface area (Å²) in [4.78, 5) is 12.0. The number of ether oxygens (including phenoxy) is 1. The second-order valence-corrected chi connectivity index (χ2v) is 5.90. The van der Waals surface area contributed by atoms with Crippen LogP contribution < -0.4 is 10.1 Å². The van der Waals surface area contributed by atoms with Gasteiger partial charge in [0.15, 0.2) is 0 Å². The number of alkyl halides is 2. The number of hydrogen-bond acceptors (Lipinski definition) is 7. The summed E-state index contributed by atoms with van der Waals surface area (Å²) in [6, 6.07) is 7.63. The number of nitrogens with one attached hydrogen (secondary N) is 1. The van der Waals surface area contributed by atoms with Gasteiger partial charge in [-0.1, -0.05) is 23.9 Å². The highest BCUT2D eigenvalue weighted by atomic mass is 32.2. The van der Waals surface area contributed by atoms with E-state index in [-0.39, 0.29) is 28.3 Å². The van der Waals surface area contributed by atoms with Crippen molar-refractivity contribution in [2.24, 2.45) is 0 Å². The second kappa shape index (κ2) is 8.00. The standard InChI is InChI=1S/C16H13F2N3O4S/c1-9-10(6-7-23-9)14-20-21-16(25-14)26-8-13(22)19-11-4-2-3-5-12(11)24-15(17)18/h2-7,15H,8H2,1H3,(H,19,22). The first-order valence-corrected chi connectivity index (χ1v) is 8.36. The Balaban J connectivity index is 1.58. The van der Waals surface area contributed by atoms with Gasteiger partial charge in [0.2, 0.25) is 5.91 Å². The molecule has 0 aliphatic rings. The quantitative estimate of drug-likeness (QED) is 0.619. The van der Waals surface area contributed by atoms with Crippen molar-refractivity contribution in [2.75, 3.05) is 11.1 Å². The van der Waals surface area contributed by atoms with Gasteiger partial charge in [-0.05, 0) is 25.1 Å². The zero-order chi connectivity index (χ0) is 18.5. The van der Waals surface area contributed by atoms with Crippen LogP contribution in [0.5, 0.6) is 5.75 Å². The monoisotopic (exact) mass is 381 g/mol. The summed E-state index contributed by atoms with van der Waals surface area (Å²) in [5, 5.41) is 10.5. The average molecular weight is 381 g/mol. The summed E-state index contributed by atoms with van der Waals surface area (Å²) in [6.07, 6.45) is 1.51. The van der Waals surface area contributed by atoms with Crippen molar-refractivity contribution in [2.45, 2.75) is 18.8 Å². The van der Waals surface area contributed by atoms with Crippen LogP contribution in [0.2, 0.25) is 0 Å². The van der Waals surface area contributed by atoms with Crippen molar-refractivity contribution < 1.29 is 27.1 Å². The fourth-order valence-electron chi connectivity index (χ4n) is 2.07. The number of amides is 1. The number of thioether (sulfide) groups is 1. The number of aromatic nitrogens is 2. The van der Waals surface area contributed by atoms with Crippen LogP contribution in [-0.2, 0) is 4.79 Å². The van der Waals surface area contributed by atoms with Crippen LogP contribution in [0.1, 0.15) is 5.76 Å². The third-order valence-corrected chi connectivity index (χ3v) is 4.02. The predicted molar refractivity (Wildman–Crippen MR) is 89.2 cm³/mol. The van der Waals surface area contributed by atoms with Gasteiger partial charge in [0.25, 0.3) is 11.1 Å². The van der Waals surface area contributed by atoms with E-state index in [1.807, 2.05) is 0 Å². The molecule has 1 amide bonds. The zero-order valence-corrected chi connectivity index (χ0v) is 14.3. The van der Waals surface area contributed by atoms with Crippen molar-refractivity contribution in [1.82, 2.24) is 10.2 Å². The fraction of sp³-hybridized carbons (Fsp3) is 0.188. The Morgan fingerprint density at radius 1 is 1.31 bits per heavy atom. The third-order valence-electron chi connectivity index (χ3n) is 3.20. The maximum absolute atomic E-state index is 12.4. The molecule has 0 bridgehead atoms. The Labute approximate surface area is 150 Å². The van der Waals surface area contributed by atoms with Crippen LogP contribution >= 0.6 is 11.8 Å². The van der Waals surface area contributed by atoms with E-state index in [0.29, 0.717) is 11.3 Å². The Kier molecular flexibility index (Phi) is 5.52. The molecule has 2 heterocycles. The summed E-state index contributed by atoms with van der Waals surface area (Å²) in [6.45, 7) is -1.22. The summed E-state index contributed by atoms with van der Waals surface area (Å²) < 4.78 is 39.8. The number of furan rings is 1. The molecule has 3 rings (SSSR count). The zero-order valence-electron chi connectivity index (χ0n) is 13.4. The molecule has 0 spiro atoms. The van der Waals surface area contributed by atoms with E-state index in [0.717, 1.165) is 11.8 Å². The molecule has 0 saturated carbocycles. The average Bonchev–Trinajstić information content (AvgIpc) is 3.23. The van der Waals surface area contributed by atoms with Crippen LogP contribution in [-0.4, -0.2) is 28.5 Å². The number of rotatable bonds is 7. The Hall–Kier alpha value is -2.88. The van der Waals surface area contributed by atoms with E-state index in [1.54, 1.807) is 19.1 Å². The van der Waals surface area contributed by atoms with Gasteiger partial charge in [-0.2, -0.15) is 8.78 Å². The Morgan fingerprint density at radius 2 is 2.12 bits per heavy atom. The van der Waals surface area contributed by atoms with Crippen molar-refractivity contribution >= 4 is 23.4 Å². The fourth-order valence-corrected chi connectivity index (χ4v) is 2.63. The summed E-state index contributed by atoms with van der Waals surface area (Å²) >= 11 is 1.02. The van der Waals surface area contributed by atoms with Gasteiger partial charge in [-0.15, -0.1) is 10.2 Å². The number of halogens is 2. The molecule has 0 radical (unpaired) electrons. The van der Waals surface area contributed by atoms with Crippen LogP contribution in [0.3, 0.4) is 0 Å². The van der Waals surface area contributed by atoms with Crippen LogP contribution in [0.25, 0.3) is 11.5 Å². The third kappa shape index (κ3) is 4.39. The number of carbonyl (C=O) groups excluding carboxylic acids is 1. The molecule has 0 fully saturated rings. The summed E-state index contributed by atoms with van der Waals surface area (Å²) in [5.41, 5.74) is 0.825. The SMILES string of the molecule is Cc1occc1-c1nnc(SCC(=O)Nc2ccccc2OC(F)F)o1. The summed E-state index contributed by atoms with van der Waals surface area (Å²) in [7, 11) is 0. The molecule has 0 saturated heterocycles. The van der Waals surface area contributed by atoms with Crippen molar-refractivity contribution in [3.8, 4) is 17.2 Å². The number of anilines is 1. The number of benzene rings is 1. The van der Waals surface area contributed by atoms with Gasteiger partial charge in [-0.25, -0.2) is 0 Å². The lowest BCUT2D eigenvalue weighted by atomic mass is 10.3. The Morgan fingerprint density at radius 3 is 2.85 bits per heavy atom. The minimum absolute atomic E-state index is 0.0466. The minimum Gasteiger partial charge on any atom is -0.469 e. The molecular formula is C16H13F2N3O4S. The predicted octanol–water partition coefficient (Wildman–Crippen LogP) is 3.97. The van der Waals surface area contributed by atoms with Gasteiger partial charge in [-0.3, -0.25) is 4.79 Å². The van der Waals surface area contributed by atoms with Gasteiger partial charge in [0.1, 0.15) is 11.5 Å². The lowest BCUT2D eigenvalue weighted by Gasteiger charge is -2.11. The van der Waals surface area contributed by atoms with Gasteiger partial charge < -0.3 is 18.9 Å². The molecule has 0 atom stereocenters. The molecule has 1 aromatic carbocycles. The van der Waals surface area contributed by atoms with E-state index in [9.17, 15) is 13.6 Å². The lowest BCUT2D eigenvalue weighted by Crippen LogP contribution is -2.15. The van der Waals surface area contributed by atoms with Gasteiger partial charge in [0.05, 0.1) is 23.3 Å². The highest BCUT2D eigenvalue weighted by molar-refractivity contribution is 7.99. The summed E-state index contributed by atoms with van der Waals surface area (Å²) in [5.74, 6) is 0.332. The molecule has 0 aliphatic heterocycles. The molecule has 0 aliphatic carbocycles. The van der Waals surface area contributed by atoms with E-state index < -0.39 is 12.5 Å². The Bertz CT molecular complexity index is 897. The van der Waals surface area contributed by atoms with Crippen LogP contribution in [0.4, 0.5) is 14.5 Å². The molecule has 26 heavy (non-hydrogen) atoms. The van der Waals surface area contributed by atoms with Crippen molar-refractivity contribution in [1.29, 1.82) is 0 Å². The number of nitrogens with zero attached hydrogens (tertiary/aromatic N) is 2. The largest absolute Gasteiger partial charge is 0.469 e. The molecule has 10 heteroatoms. The first-order chi connectivity index (χ1) is 12.5. The molecule has 0 unspecified atom stereocenters. The first kappa shape index (κ1) is 17.9. The highest BCUT2D eigenvalue weighted by Crippen LogP contribution is 2.28. The van der Waals surface area contributed by atoms with Crippen molar-refractivity contribution in [3.05, 3.63) is 42.4 Å². The topological polar surface area (TPSA) is 90.4 Å². The second-order valence-electron chi connectivity index (χ2n) is 4.98. The number of carbonyl (C=O) groups is 1. The smallest absolute Gasteiger partial charge is 0.387 e.